The number of nitrogens with zero attached hydrogens (tertiary/aromatic N) is 2. The van der Waals surface area contributed by atoms with Crippen LogP contribution in [0.1, 0.15) is 49.2 Å². The van der Waals surface area contributed by atoms with E-state index in [9.17, 15) is 22.8 Å². The molecule has 0 aliphatic carbocycles. The van der Waals surface area contributed by atoms with Gasteiger partial charge in [0.1, 0.15) is 5.69 Å². The number of carboxylic acid groups (broad SMARTS) is 1. The van der Waals surface area contributed by atoms with Crippen molar-refractivity contribution >= 4 is 11.9 Å². The van der Waals surface area contributed by atoms with Crippen LogP contribution in [0.4, 0.5) is 13.2 Å². The van der Waals surface area contributed by atoms with Crippen LogP contribution in [0.15, 0.2) is 6.07 Å². The highest BCUT2D eigenvalue weighted by atomic mass is 19.4. The third kappa shape index (κ3) is 4.90. The van der Waals surface area contributed by atoms with Gasteiger partial charge < -0.3 is 10.4 Å². The van der Waals surface area contributed by atoms with Gasteiger partial charge in [-0.05, 0) is 25.8 Å². The van der Waals surface area contributed by atoms with Gasteiger partial charge in [-0.15, -0.1) is 0 Å². The molecule has 0 bridgehead atoms. The number of alkyl halides is 3. The van der Waals surface area contributed by atoms with E-state index < -0.39 is 35.1 Å². The molecule has 0 saturated carbocycles. The first-order chi connectivity index (χ1) is 10.3. The second-order valence-electron chi connectivity index (χ2n) is 5.81. The number of carboxylic acids is 1. The molecule has 0 fully saturated rings. The first-order valence-corrected chi connectivity index (χ1v) is 6.82. The van der Waals surface area contributed by atoms with Crippen molar-refractivity contribution in [2.75, 3.05) is 0 Å². The van der Waals surface area contributed by atoms with Gasteiger partial charge in [-0.3, -0.25) is 9.59 Å². The quantitative estimate of drug-likeness (QED) is 0.863. The van der Waals surface area contributed by atoms with Gasteiger partial charge >= 0.3 is 12.1 Å². The Kier molecular flexibility index (Phi) is 5.34. The Morgan fingerprint density at radius 3 is 2.30 bits per heavy atom. The molecule has 0 radical (unpaired) electrons. The molecule has 1 aromatic rings. The summed E-state index contributed by atoms with van der Waals surface area (Å²) in [5.41, 5.74) is -1.59. The van der Waals surface area contributed by atoms with Crippen molar-refractivity contribution in [3.8, 4) is 0 Å². The average molecular weight is 333 g/mol. The second kappa shape index (κ2) is 6.51. The summed E-state index contributed by atoms with van der Waals surface area (Å²) in [6.07, 6.45) is -5.14. The lowest BCUT2D eigenvalue weighted by Crippen LogP contribution is -2.51. The van der Waals surface area contributed by atoms with Gasteiger partial charge in [-0.2, -0.15) is 13.2 Å². The molecule has 23 heavy (non-hydrogen) atoms. The molecule has 9 heteroatoms. The minimum Gasteiger partial charge on any atom is -0.481 e. The number of aromatic nitrogens is 2. The molecule has 0 aromatic carbocycles. The number of hydrogen-bond acceptors (Lipinski definition) is 4. The molecule has 0 spiro atoms. The Balaban J connectivity index is 3.14. The highest BCUT2D eigenvalue weighted by Crippen LogP contribution is 2.27. The van der Waals surface area contributed by atoms with E-state index in [4.69, 9.17) is 5.11 Å². The van der Waals surface area contributed by atoms with E-state index in [2.05, 4.69) is 15.3 Å². The van der Waals surface area contributed by atoms with Crippen molar-refractivity contribution in [2.45, 2.75) is 45.8 Å². The van der Waals surface area contributed by atoms with Gasteiger partial charge in [0.05, 0.1) is 12.0 Å². The van der Waals surface area contributed by atoms with Gasteiger partial charge in [0.15, 0.2) is 0 Å². The molecule has 1 atom stereocenters. The SMILES string of the molecule is Cc1cc(C(=O)NC(C)(CC(=O)O)C(C)C)nc(C(F)(F)F)n1. The van der Waals surface area contributed by atoms with Crippen molar-refractivity contribution < 1.29 is 27.9 Å². The first-order valence-electron chi connectivity index (χ1n) is 6.82. The lowest BCUT2D eigenvalue weighted by Gasteiger charge is -2.33. The van der Waals surface area contributed by atoms with Crippen LogP contribution >= 0.6 is 0 Å². The lowest BCUT2D eigenvalue weighted by molar-refractivity contribution is -0.145. The fourth-order valence-electron chi connectivity index (χ4n) is 1.84. The molecule has 1 aromatic heterocycles. The summed E-state index contributed by atoms with van der Waals surface area (Å²) in [4.78, 5) is 29.7. The van der Waals surface area contributed by atoms with Gasteiger partial charge in [0.2, 0.25) is 5.82 Å². The Morgan fingerprint density at radius 1 is 1.30 bits per heavy atom. The van der Waals surface area contributed by atoms with E-state index in [1.165, 1.54) is 13.8 Å². The Bertz CT molecular complexity index is 617. The Hall–Kier alpha value is -2.19. The van der Waals surface area contributed by atoms with Crippen molar-refractivity contribution in [1.29, 1.82) is 0 Å². The maximum absolute atomic E-state index is 12.7. The van der Waals surface area contributed by atoms with Gasteiger partial charge in [0.25, 0.3) is 5.91 Å². The van der Waals surface area contributed by atoms with Crippen LogP contribution in [0.2, 0.25) is 0 Å². The molecule has 2 N–H and O–H groups in total. The second-order valence-corrected chi connectivity index (χ2v) is 5.81. The molecular formula is C14H18F3N3O3. The number of rotatable bonds is 5. The van der Waals surface area contributed by atoms with Crippen molar-refractivity contribution in [3.05, 3.63) is 23.3 Å². The molecule has 128 valence electrons. The standard InChI is InChI=1S/C14H18F3N3O3/c1-7(2)13(4,6-10(21)22)20-11(23)9-5-8(3)18-12(19-9)14(15,16)17/h5,7H,6H2,1-4H3,(H,20,23)(H,21,22). The van der Waals surface area contributed by atoms with Crippen molar-refractivity contribution in [1.82, 2.24) is 15.3 Å². The molecule has 0 saturated heterocycles. The third-order valence-corrected chi connectivity index (χ3v) is 3.53. The third-order valence-electron chi connectivity index (χ3n) is 3.53. The smallest absolute Gasteiger partial charge is 0.451 e. The zero-order valence-corrected chi connectivity index (χ0v) is 13.2. The zero-order valence-electron chi connectivity index (χ0n) is 13.2. The summed E-state index contributed by atoms with van der Waals surface area (Å²) in [7, 11) is 0. The van der Waals surface area contributed by atoms with E-state index in [0.29, 0.717) is 0 Å². The van der Waals surface area contributed by atoms with E-state index >= 15 is 0 Å². The van der Waals surface area contributed by atoms with Crippen LogP contribution in [0, 0.1) is 12.8 Å². The summed E-state index contributed by atoms with van der Waals surface area (Å²) < 4.78 is 38.1. The van der Waals surface area contributed by atoms with E-state index in [-0.39, 0.29) is 18.0 Å². The summed E-state index contributed by atoms with van der Waals surface area (Å²) in [5.74, 6) is -3.67. The van der Waals surface area contributed by atoms with Crippen LogP contribution in [-0.2, 0) is 11.0 Å². The van der Waals surface area contributed by atoms with Crippen LogP contribution < -0.4 is 5.32 Å². The predicted octanol–water partition coefficient (Wildman–Crippen LogP) is 2.42. The van der Waals surface area contributed by atoms with E-state index in [1.807, 2.05) is 0 Å². The number of aryl methyl sites for hydroxylation is 1. The molecule has 1 heterocycles. The monoisotopic (exact) mass is 333 g/mol. The normalized spacial score (nSPS) is 14.4. The molecular weight excluding hydrogens is 315 g/mol. The number of carbonyl (C=O) groups is 2. The Morgan fingerprint density at radius 2 is 1.87 bits per heavy atom. The van der Waals surface area contributed by atoms with Crippen LogP contribution in [0.3, 0.4) is 0 Å². The summed E-state index contributed by atoms with van der Waals surface area (Å²) in [6, 6.07) is 1.12. The van der Waals surface area contributed by atoms with Crippen molar-refractivity contribution in [2.24, 2.45) is 5.92 Å². The van der Waals surface area contributed by atoms with Crippen LogP contribution in [0.5, 0.6) is 0 Å². The minimum absolute atomic E-state index is 0.0121. The minimum atomic E-state index is -4.77. The molecule has 1 rings (SSSR count). The fourth-order valence-corrected chi connectivity index (χ4v) is 1.84. The number of aliphatic carboxylic acids is 1. The van der Waals surface area contributed by atoms with Gasteiger partial charge in [-0.25, -0.2) is 9.97 Å². The summed E-state index contributed by atoms with van der Waals surface area (Å²) in [5, 5.41) is 11.4. The summed E-state index contributed by atoms with van der Waals surface area (Å²) in [6.45, 7) is 6.24. The number of carbonyl (C=O) groups excluding carboxylic acids is 1. The Labute approximate surface area is 131 Å². The predicted molar refractivity (Wildman–Crippen MR) is 74.7 cm³/mol. The summed E-state index contributed by atoms with van der Waals surface area (Å²) >= 11 is 0. The van der Waals surface area contributed by atoms with Gasteiger partial charge in [0, 0.05) is 5.69 Å². The molecule has 0 aliphatic heterocycles. The highest BCUT2D eigenvalue weighted by molar-refractivity contribution is 5.93. The topological polar surface area (TPSA) is 92.2 Å². The van der Waals surface area contributed by atoms with Crippen molar-refractivity contribution in [3.63, 3.8) is 0 Å². The number of hydrogen-bond donors (Lipinski definition) is 2. The zero-order chi connectivity index (χ0) is 18.0. The average Bonchev–Trinajstić information content (AvgIpc) is 2.35. The molecule has 1 unspecified atom stereocenters. The molecule has 6 nitrogen and oxygen atoms in total. The largest absolute Gasteiger partial charge is 0.481 e. The van der Waals surface area contributed by atoms with E-state index in [0.717, 1.165) is 6.07 Å². The maximum atomic E-state index is 12.7. The number of amides is 1. The maximum Gasteiger partial charge on any atom is 0.451 e. The van der Waals surface area contributed by atoms with Crippen LogP contribution in [-0.4, -0.2) is 32.5 Å². The lowest BCUT2D eigenvalue weighted by atomic mass is 9.85. The fraction of sp³-hybridized carbons (Fsp3) is 0.571. The van der Waals surface area contributed by atoms with Gasteiger partial charge in [-0.1, -0.05) is 13.8 Å². The number of nitrogens with one attached hydrogen (secondary N) is 1. The first kappa shape index (κ1) is 18.9. The van der Waals surface area contributed by atoms with Crippen LogP contribution in [0.25, 0.3) is 0 Å². The number of halogens is 3. The highest BCUT2D eigenvalue weighted by Gasteiger charge is 2.37. The molecule has 0 aliphatic rings. The van der Waals surface area contributed by atoms with E-state index in [1.54, 1.807) is 13.8 Å². The molecule has 1 amide bonds.